The largest absolute Gasteiger partial charge is 0.497 e. The van der Waals surface area contributed by atoms with Crippen LogP contribution < -0.4 is 21.1 Å². The molecule has 0 unspecified atom stereocenters. The topological polar surface area (TPSA) is 88.7 Å². The van der Waals surface area contributed by atoms with Crippen molar-refractivity contribution in [3.05, 3.63) is 54.1 Å². The van der Waals surface area contributed by atoms with E-state index in [0.717, 1.165) is 29.1 Å². The molecule has 2 aromatic rings. The second-order valence-corrected chi connectivity index (χ2v) is 5.55. The third-order valence-corrected chi connectivity index (χ3v) is 3.51. The summed E-state index contributed by atoms with van der Waals surface area (Å²) in [6.45, 7) is 2.43. The molecule has 0 aliphatic carbocycles. The van der Waals surface area contributed by atoms with Gasteiger partial charge in [0, 0.05) is 17.8 Å². The molecule has 6 nitrogen and oxygen atoms in total. The lowest BCUT2D eigenvalue weighted by atomic mass is 10.2. The Hall–Kier alpha value is -3.02. The molecular formula is C19H24N4O2. The van der Waals surface area contributed by atoms with Crippen molar-refractivity contribution in [3.63, 3.8) is 0 Å². The van der Waals surface area contributed by atoms with Crippen LogP contribution in [0.5, 0.6) is 5.75 Å². The van der Waals surface area contributed by atoms with Crippen LogP contribution in [-0.2, 0) is 11.3 Å². The molecule has 2 rings (SSSR count). The first-order valence-electron chi connectivity index (χ1n) is 8.20. The van der Waals surface area contributed by atoms with E-state index >= 15 is 0 Å². The zero-order valence-corrected chi connectivity index (χ0v) is 14.6. The third-order valence-electron chi connectivity index (χ3n) is 3.51. The first-order chi connectivity index (χ1) is 12.1. The summed E-state index contributed by atoms with van der Waals surface area (Å²) in [6, 6.07) is 15.0. The van der Waals surface area contributed by atoms with Gasteiger partial charge in [-0.25, -0.2) is 4.99 Å². The van der Waals surface area contributed by atoms with E-state index < -0.39 is 0 Å². The van der Waals surface area contributed by atoms with E-state index in [9.17, 15) is 4.79 Å². The maximum absolute atomic E-state index is 11.6. The van der Waals surface area contributed by atoms with E-state index in [0.29, 0.717) is 18.9 Å². The molecule has 0 heterocycles. The minimum absolute atomic E-state index is 0.0289. The summed E-state index contributed by atoms with van der Waals surface area (Å²) in [6.07, 6.45) is 1.36. The highest BCUT2D eigenvalue weighted by atomic mass is 16.5. The van der Waals surface area contributed by atoms with Gasteiger partial charge in [0.05, 0.1) is 13.7 Å². The fraction of sp³-hybridized carbons (Fsp3) is 0.263. The van der Waals surface area contributed by atoms with Gasteiger partial charge in [-0.2, -0.15) is 0 Å². The van der Waals surface area contributed by atoms with Crippen LogP contribution >= 0.6 is 0 Å². The van der Waals surface area contributed by atoms with Crippen LogP contribution in [0.25, 0.3) is 0 Å². The second-order valence-electron chi connectivity index (χ2n) is 5.55. The normalized spacial score (nSPS) is 11.0. The molecule has 1 amide bonds. The molecule has 0 atom stereocenters. The Bertz CT molecular complexity index is 709. The predicted molar refractivity (Wildman–Crippen MR) is 102 cm³/mol. The minimum Gasteiger partial charge on any atom is -0.497 e. The number of nitrogens with two attached hydrogens (primary N) is 1. The average molecular weight is 340 g/mol. The molecule has 0 saturated carbocycles. The molecule has 132 valence electrons. The molecule has 2 aromatic carbocycles. The van der Waals surface area contributed by atoms with E-state index in [1.807, 2.05) is 55.5 Å². The number of amides is 1. The fourth-order valence-electron chi connectivity index (χ4n) is 2.18. The van der Waals surface area contributed by atoms with E-state index in [1.54, 1.807) is 7.11 Å². The first kappa shape index (κ1) is 18.3. The Labute approximate surface area is 148 Å². The van der Waals surface area contributed by atoms with Crippen LogP contribution in [0.4, 0.5) is 11.4 Å². The molecule has 0 aliphatic rings. The number of guanidine groups is 1. The number of carbonyl (C=O) groups is 1. The standard InChI is InChI=1S/C19H24N4O2/c1-3-4-18(24)22-15-7-5-14(6-8-15)13-21-19(20)23-16-9-11-17(25-2)12-10-16/h5-12H,3-4,13H2,1-2H3,(H,22,24)(H3,20,21,23). The number of methoxy groups -OCH3 is 1. The number of nitrogens with zero attached hydrogens (tertiary/aromatic N) is 1. The number of anilines is 2. The Morgan fingerprint density at radius 3 is 2.24 bits per heavy atom. The quantitative estimate of drug-likeness (QED) is 0.532. The SMILES string of the molecule is CCCC(=O)Nc1ccc(CN=C(N)Nc2ccc(OC)cc2)cc1. The minimum atomic E-state index is 0.0289. The van der Waals surface area contributed by atoms with Crippen molar-refractivity contribution in [1.82, 2.24) is 0 Å². The Morgan fingerprint density at radius 2 is 1.64 bits per heavy atom. The fourth-order valence-corrected chi connectivity index (χ4v) is 2.18. The number of aliphatic imine (C=N–C) groups is 1. The number of hydrogen-bond acceptors (Lipinski definition) is 3. The summed E-state index contributed by atoms with van der Waals surface area (Å²) in [7, 11) is 1.62. The molecule has 25 heavy (non-hydrogen) atoms. The summed E-state index contributed by atoms with van der Waals surface area (Å²) < 4.78 is 5.11. The molecule has 0 bridgehead atoms. The molecular weight excluding hydrogens is 316 g/mol. The zero-order valence-electron chi connectivity index (χ0n) is 14.6. The van der Waals surface area contributed by atoms with Gasteiger partial charge < -0.3 is 21.1 Å². The Balaban J connectivity index is 1.88. The number of nitrogens with one attached hydrogen (secondary N) is 2. The number of hydrogen-bond donors (Lipinski definition) is 3. The van der Waals surface area contributed by atoms with Crippen molar-refractivity contribution in [2.75, 3.05) is 17.7 Å². The van der Waals surface area contributed by atoms with Gasteiger partial charge in [-0.3, -0.25) is 4.79 Å². The van der Waals surface area contributed by atoms with E-state index in [4.69, 9.17) is 10.5 Å². The Kier molecular flexibility index (Phi) is 6.83. The van der Waals surface area contributed by atoms with Gasteiger partial charge in [0.1, 0.15) is 5.75 Å². The van der Waals surface area contributed by atoms with Crippen LogP contribution in [0.1, 0.15) is 25.3 Å². The maximum Gasteiger partial charge on any atom is 0.224 e. The van der Waals surface area contributed by atoms with Crippen LogP contribution in [0.15, 0.2) is 53.5 Å². The molecule has 6 heteroatoms. The summed E-state index contributed by atoms with van der Waals surface area (Å²) >= 11 is 0. The second kappa shape index (κ2) is 9.32. The lowest BCUT2D eigenvalue weighted by Crippen LogP contribution is -2.22. The zero-order chi connectivity index (χ0) is 18.1. The van der Waals surface area contributed by atoms with Crippen molar-refractivity contribution in [3.8, 4) is 5.75 Å². The van der Waals surface area contributed by atoms with Crippen molar-refractivity contribution >= 4 is 23.2 Å². The van der Waals surface area contributed by atoms with Gasteiger partial charge in [0.15, 0.2) is 5.96 Å². The first-order valence-corrected chi connectivity index (χ1v) is 8.20. The lowest BCUT2D eigenvalue weighted by Gasteiger charge is -2.07. The maximum atomic E-state index is 11.6. The number of carbonyl (C=O) groups excluding carboxylic acids is 1. The molecule has 0 aliphatic heterocycles. The van der Waals surface area contributed by atoms with Crippen molar-refractivity contribution < 1.29 is 9.53 Å². The number of rotatable bonds is 7. The Morgan fingerprint density at radius 1 is 1.04 bits per heavy atom. The van der Waals surface area contributed by atoms with Crippen LogP contribution in [0.2, 0.25) is 0 Å². The summed E-state index contributed by atoms with van der Waals surface area (Å²) in [5.41, 5.74) is 8.54. The van der Waals surface area contributed by atoms with Crippen LogP contribution in [-0.4, -0.2) is 19.0 Å². The van der Waals surface area contributed by atoms with E-state index in [-0.39, 0.29) is 5.91 Å². The van der Waals surface area contributed by atoms with Gasteiger partial charge in [-0.15, -0.1) is 0 Å². The molecule has 0 fully saturated rings. The highest BCUT2D eigenvalue weighted by molar-refractivity contribution is 5.92. The average Bonchev–Trinajstić information content (AvgIpc) is 2.62. The molecule has 0 spiro atoms. The van der Waals surface area contributed by atoms with Gasteiger partial charge in [-0.05, 0) is 48.4 Å². The van der Waals surface area contributed by atoms with Gasteiger partial charge in [0.25, 0.3) is 0 Å². The lowest BCUT2D eigenvalue weighted by molar-refractivity contribution is -0.116. The van der Waals surface area contributed by atoms with E-state index in [2.05, 4.69) is 15.6 Å². The van der Waals surface area contributed by atoms with Crippen molar-refractivity contribution in [2.24, 2.45) is 10.7 Å². The van der Waals surface area contributed by atoms with Gasteiger partial charge in [-0.1, -0.05) is 19.1 Å². The van der Waals surface area contributed by atoms with Crippen molar-refractivity contribution in [2.45, 2.75) is 26.3 Å². The number of ether oxygens (including phenoxy) is 1. The van der Waals surface area contributed by atoms with Crippen LogP contribution in [0, 0.1) is 0 Å². The monoisotopic (exact) mass is 340 g/mol. The van der Waals surface area contributed by atoms with Gasteiger partial charge >= 0.3 is 0 Å². The highest BCUT2D eigenvalue weighted by Crippen LogP contribution is 2.15. The number of benzene rings is 2. The summed E-state index contributed by atoms with van der Waals surface area (Å²) in [4.78, 5) is 15.9. The highest BCUT2D eigenvalue weighted by Gasteiger charge is 2.01. The van der Waals surface area contributed by atoms with E-state index in [1.165, 1.54) is 0 Å². The molecule has 0 radical (unpaired) electrons. The smallest absolute Gasteiger partial charge is 0.224 e. The molecule has 0 aromatic heterocycles. The molecule has 4 N–H and O–H groups in total. The molecule has 0 saturated heterocycles. The summed E-state index contributed by atoms with van der Waals surface area (Å²) in [5.74, 6) is 1.15. The summed E-state index contributed by atoms with van der Waals surface area (Å²) in [5, 5.41) is 5.89. The van der Waals surface area contributed by atoms with Gasteiger partial charge in [0.2, 0.25) is 5.91 Å². The van der Waals surface area contributed by atoms with Crippen LogP contribution in [0.3, 0.4) is 0 Å². The third kappa shape index (κ3) is 6.18. The predicted octanol–water partition coefficient (Wildman–Crippen LogP) is 3.36. The van der Waals surface area contributed by atoms with Crippen molar-refractivity contribution in [1.29, 1.82) is 0 Å².